The molecule has 1 aromatic rings. The molecule has 0 aliphatic rings. The Morgan fingerprint density at radius 3 is 2.18 bits per heavy atom. The van der Waals surface area contributed by atoms with E-state index in [4.69, 9.17) is 15.2 Å². The molecular weight excluding hydrogens is 214 g/mol. The van der Waals surface area contributed by atoms with Crippen LogP contribution in [-0.4, -0.2) is 14.2 Å². The average molecular weight is 237 g/mol. The lowest BCUT2D eigenvalue weighted by Crippen LogP contribution is -2.13. The Balaban J connectivity index is 2.85. The molecule has 0 saturated carbocycles. The first kappa shape index (κ1) is 13.8. The van der Waals surface area contributed by atoms with Crippen molar-refractivity contribution in [1.82, 2.24) is 0 Å². The van der Waals surface area contributed by atoms with Crippen LogP contribution in [0.5, 0.6) is 11.5 Å². The third-order valence-corrected chi connectivity index (χ3v) is 2.96. The summed E-state index contributed by atoms with van der Waals surface area (Å²) in [5, 5.41) is 0. The highest BCUT2D eigenvalue weighted by Gasteiger charge is 2.16. The van der Waals surface area contributed by atoms with Gasteiger partial charge in [0.25, 0.3) is 0 Å². The second-order valence-corrected chi connectivity index (χ2v) is 4.18. The SMILES string of the molecule is CCCCC[C@@H](N)c1c(OC)cccc1OC. The minimum atomic E-state index is -0.0207. The van der Waals surface area contributed by atoms with E-state index in [0.717, 1.165) is 29.9 Å². The molecule has 0 unspecified atom stereocenters. The van der Waals surface area contributed by atoms with Crippen LogP contribution in [0, 0.1) is 0 Å². The van der Waals surface area contributed by atoms with Gasteiger partial charge in [-0.15, -0.1) is 0 Å². The summed E-state index contributed by atoms with van der Waals surface area (Å²) in [6.07, 6.45) is 4.52. The van der Waals surface area contributed by atoms with Gasteiger partial charge in [0.2, 0.25) is 0 Å². The van der Waals surface area contributed by atoms with Gasteiger partial charge < -0.3 is 15.2 Å². The molecule has 17 heavy (non-hydrogen) atoms. The normalized spacial score (nSPS) is 12.2. The molecule has 3 heteroatoms. The number of nitrogens with two attached hydrogens (primary N) is 1. The third-order valence-electron chi connectivity index (χ3n) is 2.96. The molecule has 0 saturated heterocycles. The van der Waals surface area contributed by atoms with Gasteiger partial charge in [0.1, 0.15) is 11.5 Å². The lowest BCUT2D eigenvalue weighted by Gasteiger charge is -2.18. The quantitative estimate of drug-likeness (QED) is 0.740. The van der Waals surface area contributed by atoms with Gasteiger partial charge in [0.15, 0.2) is 0 Å². The third kappa shape index (κ3) is 3.63. The molecule has 0 aliphatic heterocycles. The molecular formula is C14H23NO2. The first-order valence-electron chi connectivity index (χ1n) is 6.21. The van der Waals surface area contributed by atoms with E-state index in [1.54, 1.807) is 14.2 Å². The Hall–Kier alpha value is -1.22. The number of ether oxygens (including phenoxy) is 2. The van der Waals surface area contributed by atoms with E-state index in [1.807, 2.05) is 18.2 Å². The Morgan fingerprint density at radius 1 is 1.12 bits per heavy atom. The van der Waals surface area contributed by atoms with E-state index in [2.05, 4.69) is 6.92 Å². The molecule has 0 heterocycles. The number of hydrogen-bond donors (Lipinski definition) is 1. The summed E-state index contributed by atoms with van der Waals surface area (Å²) in [6, 6.07) is 5.75. The van der Waals surface area contributed by atoms with E-state index >= 15 is 0 Å². The van der Waals surface area contributed by atoms with Gasteiger partial charge in [0.05, 0.1) is 19.8 Å². The Labute approximate surface area is 104 Å². The van der Waals surface area contributed by atoms with Crippen LogP contribution in [0.25, 0.3) is 0 Å². The Bertz CT molecular complexity index is 317. The predicted octanol–water partition coefficient (Wildman–Crippen LogP) is 3.28. The number of hydrogen-bond acceptors (Lipinski definition) is 3. The highest BCUT2D eigenvalue weighted by atomic mass is 16.5. The van der Waals surface area contributed by atoms with Crippen LogP contribution in [0.3, 0.4) is 0 Å². The molecule has 96 valence electrons. The first-order valence-corrected chi connectivity index (χ1v) is 6.21. The molecule has 1 aromatic carbocycles. The van der Waals surface area contributed by atoms with Gasteiger partial charge in [-0.05, 0) is 18.6 Å². The van der Waals surface area contributed by atoms with Gasteiger partial charge in [-0.25, -0.2) is 0 Å². The summed E-state index contributed by atoms with van der Waals surface area (Å²) in [5.41, 5.74) is 7.21. The second-order valence-electron chi connectivity index (χ2n) is 4.18. The van der Waals surface area contributed by atoms with Crippen LogP contribution in [-0.2, 0) is 0 Å². The molecule has 0 fully saturated rings. The van der Waals surface area contributed by atoms with Crippen LogP contribution >= 0.6 is 0 Å². The van der Waals surface area contributed by atoms with Crippen molar-refractivity contribution in [2.45, 2.75) is 38.6 Å². The fourth-order valence-corrected chi connectivity index (χ4v) is 2.00. The van der Waals surface area contributed by atoms with Gasteiger partial charge in [-0.2, -0.15) is 0 Å². The van der Waals surface area contributed by atoms with E-state index in [1.165, 1.54) is 12.8 Å². The van der Waals surface area contributed by atoms with Crippen molar-refractivity contribution in [1.29, 1.82) is 0 Å². The molecule has 0 spiro atoms. The maximum absolute atomic E-state index is 6.23. The van der Waals surface area contributed by atoms with Crippen molar-refractivity contribution >= 4 is 0 Å². The molecule has 2 N–H and O–H groups in total. The van der Waals surface area contributed by atoms with Crippen molar-refractivity contribution in [2.24, 2.45) is 5.73 Å². The first-order chi connectivity index (χ1) is 8.24. The van der Waals surface area contributed by atoms with Crippen LogP contribution in [0.1, 0.15) is 44.2 Å². The molecule has 0 amide bonds. The maximum atomic E-state index is 6.23. The van der Waals surface area contributed by atoms with E-state index in [0.29, 0.717) is 0 Å². The topological polar surface area (TPSA) is 44.5 Å². The van der Waals surface area contributed by atoms with Crippen LogP contribution < -0.4 is 15.2 Å². The summed E-state index contributed by atoms with van der Waals surface area (Å²) < 4.78 is 10.7. The fourth-order valence-electron chi connectivity index (χ4n) is 2.00. The lowest BCUT2D eigenvalue weighted by molar-refractivity contribution is 0.376. The monoisotopic (exact) mass is 237 g/mol. The zero-order chi connectivity index (χ0) is 12.7. The van der Waals surface area contributed by atoms with Crippen LogP contribution in [0.15, 0.2) is 18.2 Å². The second kappa shape index (κ2) is 7.17. The summed E-state index contributed by atoms with van der Waals surface area (Å²) in [5.74, 6) is 1.63. The van der Waals surface area contributed by atoms with Gasteiger partial charge in [-0.3, -0.25) is 0 Å². The van der Waals surface area contributed by atoms with Gasteiger partial charge in [-0.1, -0.05) is 32.3 Å². The van der Waals surface area contributed by atoms with Crippen molar-refractivity contribution in [3.8, 4) is 11.5 Å². The van der Waals surface area contributed by atoms with Gasteiger partial charge in [0, 0.05) is 6.04 Å². The van der Waals surface area contributed by atoms with Crippen molar-refractivity contribution in [3.63, 3.8) is 0 Å². The zero-order valence-electron chi connectivity index (χ0n) is 11.0. The Kier molecular flexibility index (Phi) is 5.84. The van der Waals surface area contributed by atoms with Crippen molar-refractivity contribution < 1.29 is 9.47 Å². The number of rotatable bonds is 7. The van der Waals surface area contributed by atoms with E-state index < -0.39 is 0 Å². The lowest BCUT2D eigenvalue weighted by atomic mass is 9.99. The molecule has 0 bridgehead atoms. The summed E-state index contributed by atoms with van der Waals surface area (Å²) in [7, 11) is 3.33. The fraction of sp³-hybridized carbons (Fsp3) is 0.571. The largest absolute Gasteiger partial charge is 0.496 e. The maximum Gasteiger partial charge on any atom is 0.127 e. The molecule has 0 aliphatic carbocycles. The molecule has 1 rings (SSSR count). The highest BCUT2D eigenvalue weighted by Crippen LogP contribution is 2.34. The summed E-state index contributed by atoms with van der Waals surface area (Å²) in [6.45, 7) is 2.19. The van der Waals surface area contributed by atoms with Gasteiger partial charge >= 0.3 is 0 Å². The number of unbranched alkanes of at least 4 members (excludes halogenated alkanes) is 2. The summed E-state index contributed by atoms with van der Waals surface area (Å²) in [4.78, 5) is 0. The zero-order valence-corrected chi connectivity index (χ0v) is 11.0. The average Bonchev–Trinajstić information content (AvgIpc) is 2.37. The standard InChI is InChI=1S/C14H23NO2/c1-4-5-6-8-11(15)14-12(16-2)9-7-10-13(14)17-3/h7,9-11H,4-6,8,15H2,1-3H3/t11-/m1/s1. The van der Waals surface area contributed by atoms with Crippen molar-refractivity contribution in [2.75, 3.05) is 14.2 Å². The van der Waals surface area contributed by atoms with E-state index in [-0.39, 0.29) is 6.04 Å². The van der Waals surface area contributed by atoms with Crippen molar-refractivity contribution in [3.05, 3.63) is 23.8 Å². The summed E-state index contributed by atoms with van der Waals surface area (Å²) >= 11 is 0. The highest BCUT2D eigenvalue weighted by molar-refractivity contribution is 5.46. The number of benzene rings is 1. The molecule has 0 radical (unpaired) electrons. The Morgan fingerprint density at radius 2 is 1.71 bits per heavy atom. The molecule has 0 aromatic heterocycles. The number of methoxy groups -OCH3 is 2. The minimum absolute atomic E-state index is 0.0207. The molecule has 1 atom stereocenters. The van der Waals surface area contributed by atoms with Crippen LogP contribution in [0.4, 0.5) is 0 Å². The van der Waals surface area contributed by atoms with E-state index in [9.17, 15) is 0 Å². The van der Waals surface area contributed by atoms with Crippen LogP contribution in [0.2, 0.25) is 0 Å². The smallest absolute Gasteiger partial charge is 0.127 e. The predicted molar refractivity (Wildman–Crippen MR) is 70.6 cm³/mol. The minimum Gasteiger partial charge on any atom is -0.496 e. The molecule has 3 nitrogen and oxygen atoms in total.